The summed E-state index contributed by atoms with van der Waals surface area (Å²) in [6.07, 6.45) is -1.55. The second-order valence-electron chi connectivity index (χ2n) is 8.60. The fourth-order valence-corrected chi connectivity index (χ4v) is 4.19. The lowest BCUT2D eigenvalue weighted by atomic mass is 10.0. The van der Waals surface area contributed by atoms with E-state index >= 15 is 0 Å². The third kappa shape index (κ3) is 5.88. The van der Waals surface area contributed by atoms with E-state index in [1.54, 1.807) is 4.90 Å². The van der Waals surface area contributed by atoms with Gasteiger partial charge in [-0.25, -0.2) is 13.8 Å². The van der Waals surface area contributed by atoms with Gasteiger partial charge < -0.3 is 15.5 Å². The van der Waals surface area contributed by atoms with E-state index in [0.717, 1.165) is 23.3 Å². The van der Waals surface area contributed by atoms with Crippen LogP contribution in [0.2, 0.25) is 0 Å². The van der Waals surface area contributed by atoms with Crippen LogP contribution in [0.5, 0.6) is 0 Å². The molecule has 0 saturated carbocycles. The quantitative estimate of drug-likeness (QED) is 0.517. The molecule has 0 saturated heterocycles. The van der Waals surface area contributed by atoms with Crippen molar-refractivity contribution in [1.29, 1.82) is 0 Å². The number of para-hydroxylation sites is 1. The van der Waals surface area contributed by atoms with Crippen molar-refractivity contribution in [1.82, 2.24) is 10.6 Å². The molecule has 0 radical (unpaired) electrons. The van der Waals surface area contributed by atoms with E-state index in [9.17, 15) is 23.2 Å². The Bertz CT molecular complexity index is 1340. The molecule has 0 bridgehead atoms. The molecular weight excluding hydrogens is 478 g/mol. The molecule has 1 heterocycles. The van der Waals surface area contributed by atoms with Crippen molar-refractivity contribution in [3.8, 4) is 0 Å². The van der Waals surface area contributed by atoms with Gasteiger partial charge in [0.2, 0.25) is 18.0 Å². The highest BCUT2D eigenvalue weighted by atomic mass is 19.1. The Hall–Kier alpha value is -4.40. The van der Waals surface area contributed by atoms with E-state index in [0.29, 0.717) is 24.0 Å². The molecule has 3 aromatic rings. The summed E-state index contributed by atoms with van der Waals surface area (Å²) in [6.45, 7) is 3.64. The number of carbonyl (C=O) groups is 3. The molecule has 4 rings (SSSR count). The van der Waals surface area contributed by atoms with Gasteiger partial charge in [-0.05, 0) is 37.6 Å². The largest absolute Gasteiger partial charge is 0.344 e. The molecule has 190 valence electrons. The van der Waals surface area contributed by atoms with Crippen LogP contribution in [0.3, 0.4) is 0 Å². The lowest BCUT2D eigenvalue weighted by molar-refractivity contribution is -0.130. The zero-order chi connectivity index (χ0) is 26.5. The van der Waals surface area contributed by atoms with E-state index in [-0.39, 0.29) is 12.0 Å². The summed E-state index contributed by atoms with van der Waals surface area (Å²) in [5.41, 5.74) is 2.90. The van der Waals surface area contributed by atoms with E-state index in [2.05, 4.69) is 15.6 Å². The van der Waals surface area contributed by atoms with Crippen molar-refractivity contribution < 1.29 is 23.2 Å². The minimum absolute atomic E-state index is 0.134. The average molecular weight is 505 g/mol. The van der Waals surface area contributed by atoms with Crippen molar-refractivity contribution in [3.63, 3.8) is 0 Å². The van der Waals surface area contributed by atoms with Crippen LogP contribution in [0.25, 0.3) is 0 Å². The number of benzodiazepines with no additional fused rings is 1. The Kier molecular flexibility index (Phi) is 7.71. The zero-order valence-electron chi connectivity index (χ0n) is 20.4. The fourth-order valence-electron chi connectivity index (χ4n) is 4.19. The number of hydrogen-bond donors (Lipinski definition) is 2. The number of carbonyl (C=O) groups excluding carboxylic acids is 3. The number of fused-ring (bicyclic) bond motifs is 1. The van der Waals surface area contributed by atoms with Gasteiger partial charge in [-0.15, -0.1) is 0 Å². The molecule has 7 nitrogen and oxygen atoms in total. The highest BCUT2D eigenvalue weighted by molar-refractivity contribution is 6.20. The summed E-state index contributed by atoms with van der Waals surface area (Å²) in [5.74, 6) is -3.24. The Morgan fingerprint density at radius 1 is 1.00 bits per heavy atom. The fraction of sp³-hybridized carbons (Fsp3) is 0.214. The lowest BCUT2D eigenvalue weighted by Crippen LogP contribution is -2.53. The van der Waals surface area contributed by atoms with Crippen molar-refractivity contribution in [2.24, 2.45) is 4.99 Å². The Morgan fingerprint density at radius 2 is 1.65 bits per heavy atom. The van der Waals surface area contributed by atoms with Crippen LogP contribution < -0.4 is 15.5 Å². The van der Waals surface area contributed by atoms with E-state index in [1.165, 1.54) is 6.92 Å². The van der Waals surface area contributed by atoms with Gasteiger partial charge in [-0.1, -0.05) is 48.5 Å². The van der Waals surface area contributed by atoms with Gasteiger partial charge in [0.1, 0.15) is 17.7 Å². The molecule has 0 aliphatic carbocycles. The normalized spacial score (nSPS) is 15.8. The number of nitrogens with zero attached hydrogens (tertiary/aromatic N) is 2. The molecule has 3 amide bonds. The van der Waals surface area contributed by atoms with Gasteiger partial charge in [0.15, 0.2) is 0 Å². The molecule has 1 aliphatic rings. The molecule has 2 N–H and O–H groups in total. The first-order chi connectivity index (χ1) is 17.8. The van der Waals surface area contributed by atoms with Gasteiger partial charge in [0.05, 0.1) is 17.8 Å². The van der Waals surface area contributed by atoms with E-state index in [1.807, 2.05) is 61.5 Å². The Labute approximate surface area is 213 Å². The van der Waals surface area contributed by atoms with Crippen molar-refractivity contribution in [2.45, 2.75) is 32.5 Å². The number of hydrogen-bond acceptors (Lipinski definition) is 4. The van der Waals surface area contributed by atoms with Gasteiger partial charge >= 0.3 is 0 Å². The molecule has 0 spiro atoms. The van der Waals surface area contributed by atoms with Crippen LogP contribution in [-0.2, 0) is 20.8 Å². The smallest absolute Gasteiger partial charge is 0.272 e. The average Bonchev–Trinajstić information content (AvgIpc) is 2.98. The zero-order valence-corrected chi connectivity index (χ0v) is 20.4. The standard InChI is InChI=1S/C28H26F2N4O3/c1-3-34-23-12-8-7-11-22(23)25(19-9-5-4-6-10-19)32-26(28(34)37)33-27(36)17(2)31-24(35)15-18-13-20(29)16-21(30)14-18/h4-14,16-17,26H,3,15H2,1-2H3,(H,31,35)(H,33,36)/t17-,26?/m0/s1. The summed E-state index contributed by atoms with van der Waals surface area (Å²) in [4.78, 5) is 45.1. The lowest BCUT2D eigenvalue weighted by Gasteiger charge is -2.24. The van der Waals surface area contributed by atoms with Gasteiger partial charge in [-0.2, -0.15) is 0 Å². The van der Waals surface area contributed by atoms with Crippen molar-refractivity contribution in [2.75, 3.05) is 11.4 Å². The summed E-state index contributed by atoms with van der Waals surface area (Å²) < 4.78 is 26.9. The molecule has 1 unspecified atom stereocenters. The van der Waals surface area contributed by atoms with E-state index < -0.39 is 41.6 Å². The predicted octanol–water partition coefficient (Wildman–Crippen LogP) is 3.36. The minimum Gasteiger partial charge on any atom is -0.344 e. The molecule has 37 heavy (non-hydrogen) atoms. The van der Waals surface area contributed by atoms with Crippen LogP contribution in [0.4, 0.5) is 14.5 Å². The number of amides is 3. The van der Waals surface area contributed by atoms with Crippen LogP contribution >= 0.6 is 0 Å². The topological polar surface area (TPSA) is 90.9 Å². The highest BCUT2D eigenvalue weighted by Gasteiger charge is 2.33. The number of rotatable bonds is 7. The number of benzene rings is 3. The molecule has 3 aromatic carbocycles. The second-order valence-corrected chi connectivity index (χ2v) is 8.60. The molecule has 0 fully saturated rings. The molecule has 9 heteroatoms. The van der Waals surface area contributed by atoms with Gasteiger partial charge in [0.25, 0.3) is 5.91 Å². The molecular formula is C28H26F2N4O3. The number of aliphatic imine (C=N–C) groups is 1. The molecule has 1 aliphatic heterocycles. The third-order valence-electron chi connectivity index (χ3n) is 5.91. The summed E-state index contributed by atoms with van der Waals surface area (Å²) in [5, 5.41) is 5.15. The summed E-state index contributed by atoms with van der Waals surface area (Å²) in [6, 6.07) is 18.5. The van der Waals surface area contributed by atoms with Crippen LogP contribution in [0.1, 0.15) is 30.5 Å². The predicted molar refractivity (Wildman–Crippen MR) is 136 cm³/mol. The second kappa shape index (κ2) is 11.1. The van der Waals surface area contributed by atoms with Gasteiger partial charge in [0, 0.05) is 23.7 Å². The maximum absolute atomic E-state index is 13.4. The SMILES string of the molecule is CCN1C(=O)C(NC(=O)[C@H](C)NC(=O)Cc2cc(F)cc(F)c2)N=C(c2ccccc2)c2ccccc21. The summed E-state index contributed by atoms with van der Waals surface area (Å²) in [7, 11) is 0. The number of nitrogens with one attached hydrogen (secondary N) is 2. The number of halogens is 2. The van der Waals surface area contributed by atoms with Crippen LogP contribution in [0.15, 0.2) is 77.8 Å². The number of likely N-dealkylation sites (N-methyl/N-ethyl adjacent to an activating group) is 1. The Morgan fingerprint density at radius 3 is 2.32 bits per heavy atom. The highest BCUT2D eigenvalue weighted by Crippen LogP contribution is 2.28. The first-order valence-electron chi connectivity index (χ1n) is 11.9. The maximum Gasteiger partial charge on any atom is 0.272 e. The van der Waals surface area contributed by atoms with Crippen molar-refractivity contribution in [3.05, 3.63) is 101 Å². The third-order valence-corrected chi connectivity index (χ3v) is 5.91. The number of anilines is 1. The monoisotopic (exact) mass is 504 g/mol. The minimum atomic E-state index is -1.23. The first-order valence-corrected chi connectivity index (χ1v) is 11.9. The maximum atomic E-state index is 13.4. The van der Waals surface area contributed by atoms with Crippen molar-refractivity contribution >= 4 is 29.1 Å². The molecule has 0 aromatic heterocycles. The Balaban J connectivity index is 1.55. The van der Waals surface area contributed by atoms with Crippen LogP contribution in [-0.4, -0.2) is 42.2 Å². The van der Waals surface area contributed by atoms with Crippen LogP contribution in [0, 0.1) is 11.6 Å². The van der Waals surface area contributed by atoms with E-state index in [4.69, 9.17) is 0 Å². The first kappa shape index (κ1) is 25.7. The van der Waals surface area contributed by atoms with Gasteiger partial charge in [-0.3, -0.25) is 14.4 Å². The summed E-state index contributed by atoms with van der Waals surface area (Å²) >= 11 is 0. The molecule has 2 atom stereocenters.